The second-order valence-electron chi connectivity index (χ2n) is 4.74. The van der Waals surface area contributed by atoms with E-state index in [1.54, 1.807) is 11.3 Å². The molecule has 0 unspecified atom stereocenters. The summed E-state index contributed by atoms with van der Waals surface area (Å²) in [7, 11) is 0. The fraction of sp³-hybridized carbons (Fsp3) is 0.143. The second kappa shape index (κ2) is 4.35. The average molecular weight is 283 g/mol. The number of H-pyrrole nitrogens is 1. The first kappa shape index (κ1) is 11.5. The molecule has 0 spiro atoms. The zero-order valence-corrected chi connectivity index (χ0v) is 11.7. The lowest BCUT2D eigenvalue weighted by Crippen LogP contribution is -2.08. The van der Waals surface area contributed by atoms with Crippen LogP contribution in [0.5, 0.6) is 0 Å². The molecule has 0 radical (unpaired) electrons. The van der Waals surface area contributed by atoms with Crippen molar-refractivity contribution in [2.45, 2.75) is 13.0 Å². The number of imidazole rings is 1. The first-order valence-corrected chi connectivity index (χ1v) is 7.30. The Balaban J connectivity index is 1.62. The van der Waals surface area contributed by atoms with Gasteiger partial charge in [0.2, 0.25) is 0 Å². The molecule has 0 aliphatic carbocycles. The Morgan fingerprint density at radius 3 is 3.15 bits per heavy atom. The van der Waals surface area contributed by atoms with Crippen LogP contribution in [-0.2, 0) is 0 Å². The van der Waals surface area contributed by atoms with Gasteiger partial charge in [0.25, 0.3) is 0 Å². The molecule has 0 fully saturated rings. The zero-order valence-electron chi connectivity index (χ0n) is 10.9. The van der Waals surface area contributed by atoms with Crippen molar-refractivity contribution in [2.75, 3.05) is 5.32 Å². The van der Waals surface area contributed by atoms with E-state index in [0.717, 1.165) is 27.5 Å². The molecule has 0 saturated heterocycles. The summed E-state index contributed by atoms with van der Waals surface area (Å²) < 4.78 is 2.04. The van der Waals surface area contributed by atoms with Crippen molar-refractivity contribution >= 4 is 33.1 Å². The fourth-order valence-electron chi connectivity index (χ4n) is 2.26. The van der Waals surface area contributed by atoms with Crippen molar-refractivity contribution in [2.24, 2.45) is 0 Å². The third-order valence-corrected chi connectivity index (χ3v) is 4.10. The quantitative estimate of drug-likeness (QED) is 0.605. The summed E-state index contributed by atoms with van der Waals surface area (Å²) in [6, 6.07) is 6.17. The molecule has 5 nitrogen and oxygen atoms in total. The fourth-order valence-corrected chi connectivity index (χ4v) is 2.97. The standard InChI is InChI=1S/C14H13N5S/c1-9(11-8-19-6-7-20-14(19)17-11)16-12-3-2-10-4-5-15-13(10)18-12/h2-9H,1H3,(H2,15,16,18)/t9-/m0/s1. The van der Waals surface area contributed by atoms with E-state index in [9.17, 15) is 0 Å². The summed E-state index contributed by atoms with van der Waals surface area (Å²) in [6.07, 6.45) is 5.97. The van der Waals surface area contributed by atoms with Crippen LogP contribution in [0.15, 0.2) is 42.2 Å². The molecule has 20 heavy (non-hydrogen) atoms. The highest BCUT2D eigenvalue weighted by molar-refractivity contribution is 7.15. The van der Waals surface area contributed by atoms with Crippen LogP contribution in [0.2, 0.25) is 0 Å². The minimum absolute atomic E-state index is 0.113. The summed E-state index contributed by atoms with van der Waals surface area (Å²) in [4.78, 5) is 13.3. The van der Waals surface area contributed by atoms with Gasteiger partial charge in [-0.2, -0.15) is 0 Å². The summed E-state index contributed by atoms with van der Waals surface area (Å²) in [6.45, 7) is 2.09. The number of fused-ring (bicyclic) bond motifs is 2. The number of hydrogen-bond donors (Lipinski definition) is 2. The molecule has 0 aliphatic heterocycles. The van der Waals surface area contributed by atoms with Crippen molar-refractivity contribution < 1.29 is 0 Å². The summed E-state index contributed by atoms with van der Waals surface area (Å²) in [5, 5.41) is 6.54. The molecule has 0 bridgehead atoms. The molecular formula is C14H13N5S. The number of thiazole rings is 1. The number of anilines is 1. The Hall–Kier alpha value is -2.34. The van der Waals surface area contributed by atoms with Crippen LogP contribution < -0.4 is 5.32 Å². The van der Waals surface area contributed by atoms with Gasteiger partial charge in [-0.3, -0.25) is 4.40 Å². The van der Waals surface area contributed by atoms with Crippen molar-refractivity contribution in [3.05, 3.63) is 47.9 Å². The maximum absolute atomic E-state index is 4.60. The number of rotatable bonds is 3. The predicted molar refractivity (Wildman–Crippen MR) is 81.2 cm³/mol. The Bertz CT molecular complexity index is 843. The van der Waals surface area contributed by atoms with E-state index >= 15 is 0 Å². The summed E-state index contributed by atoms with van der Waals surface area (Å²) >= 11 is 1.64. The predicted octanol–water partition coefficient (Wildman–Crippen LogP) is 3.45. The highest BCUT2D eigenvalue weighted by atomic mass is 32.1. The van der Waals surface area contributed by atoms with E-state index in [0.29, 0.717) is 0 Å². The monoisotopic (exact) mass is 283 g/mol. The van der Waals surface area contributed by atoms with E-state index in [1.165, 1.54) is 0 Å². The van der Waals surface area contributed by atoms with Crippen molar-refractivity contribution in [1.29, 1.82) is 0 Å². The maximum atomic E-state index is 4.60. The molecule has 1 atom stereocenters. The lowest BCUT2D eigenvalue weighted by atomic mass is 10.2. The third kappa shape index (κ3) is 1.85. The van der Waals surface area contributed by atoms with Gasteiger partial charge >= 0.3 is 0 Å². The molecule has 0 aromatic carbocycles. The van der Waals surface area contributed by atoms with Gasteiger partial charge in [0.15, 0.2) is 4.96 Å². The van der Waals surface area contributed by atoms with Crippen LogP contribution >= 0.6 is 11.3 Å². The van der Waals surface area contributed by atoms with Gasteiger partial charge in [0.1, 0.15) is 11.5 Å². The molecule has 2 N–H and O–H groups in total. The van der Waals surface area contributed by atoms with Gasteiger partial charge in [0.05, 0.1) is 11.7 Å². The van der Waals surface area contributed by atoms with Crippen molar-refractivity contribution in [1.82, 2.24) is 19.4 Å². The van der Waals surface area contributed by atoms with E-state index in [-0.39, 0.29) is 6.04 Å². The van der Waals surface area contributed by atoms with Crippen LogP contribution in [0.4, 0.5) is 5.82 Å². The molecule has 4 aromatic heterocycles. The lowest BCUT2D eigenvalue weighted by molar-refractivity contribution is 0.844. The second-order valence-corrected chi connectivity index (χ2v) is 5.61. The van der Waals surface area contributed by atoms with Gasteiger partial charge < -0.3 is 10.3 Å². The maximum Gasteiger partial charge on any atom is 0.193 e. The number of hydrogen-bond acceptors (Lipinski definition) is 4. The number of nitrogens with one attached hydrogen (secondary N) is 2. The lowest BCUT2D eigenvalue weighted by Gasteiger charge is -2.11. The number of pyridine rings is 1. The largest absolute Gasteiger partial charge is 0.362 e. The molecular weight excluding hydrogens is 270 g/mol. The molecule has 4 aromatic rings. The topological polar surface area (TPSA) is 58.0 Å². The van der Waals surface area contributed by atoms with Crippen molar-refractivity contribution in [3.63, 3.8) is 0 Å². The number of nitrogens with zero attached hydrogens (tertiary/aromatic N) is 3. The van der Waals surface area contributed by atoms with E-state index in [1.807, 2.05) is 34.3 Å². The van der Waals surface area contributed by atoms with E-state index < -0.39 is 0 Å². The minimum atomic E-state index is 0.113. The molecule has 4 rings (SSSR count). The van der Waals surface area contributed by atoms with Crippen LogP contribution in [0, 0.1) is 0 Å². The normalized spacial score (nSPS) is 13.1. The minimum Gasteiger partial charge on any atom is -0.362 e. The molecule has 0 saturated carbocycles. The Morgan fingerprint density at radius 1 is 1.30 bits per heavy atom. The van der Waals surface area contributed by atoms with E-state index in [4.69, 9.17) is 0 Å². The molecule has 100 valence electrons. The summed E-state index contributed by atoms with van der Waals surface area (Å²) in [5.41, 5.74) is 1.92. The molecule has 4 heterocycles. The first-order chi connectivity index (χ1) is 9.79. The molecule has 0 amide bonds. The average Bonchev–Trinajstić information content (AvgIpc) is 3.12. The smallest absolute Gasteiger partial charge is 0.193 e. The Morgan fingerprint density at radius 2 is 2.25 bits per heavy atom. The highest BCUT2D eigenvalue weighted by Gasteiger charge is 2.11. The number of aromatic amines is 1. The van der Waals surface area contributed by atoms with Crippen LogP contribution in [0.25, 0.3) is 16.0 Å². The van der Waals surface area contributed by atoms with Crippen LogP contribution in [-0.4, -0.2) is 19.4 Å². The highest BCUT2D eigenvalue weighted by Crippen LogP contribution is 2.21. The van der Waals surface area contributed by atoms with Crippen LogP contribution in [0.3, 0.4) is 0 Å². The van der Waals surface area contributed by atoms with Gasteiger partial charge in [-0.15, -0.1) is 11.3 Å². The van der Waals surface area contributed by atoms with Gasteiger partial charge in [-0.1, -0.05) is 0 Å². The van der Waals surface area contributed by atoms with Gasteiger partial charge in [-0.05, 0) is 25.1 Å². The van der Waals surface area contributed by atoms with Crippen LogP contribution in [0.1, 0.15) is 18.7 Å². The molecule has 6 heteroatoms. The molecule has 0 aliphatic rings. The van der Waals surface area contributed by atoms with E-state index in [2.05, 4.69) is 39.5 Å². The Labute approximate surface area is 119 Å². The van der Waals surface area contributed by atoms with Gasteiger partial charge in [-0.25, -0.2) is 9.97 Å². The Kier molecular flexibility index (Phi) is 2.50. The number of aromatic nitrogens is 4. The van der Waals surface area contributed by atoms with Crippen molar-refractivity contribution in [3.8, 4) is 0 Å². The third-order valence-electron chi connectivity index (χ3n) is 3.33. The zero-order chi connectivity index (χ0) is 13.5. The SMILES string of the molecule is C[C@H](Nc1ccc2cc[nH]c2n1)c1cn2ccsc2n1. The summed E-state index contributed by atoms with van der Waals surface area (Å²) in [5.74, 6) is 0.851. The first-order valence-electron chi connectivity index (χ1n) is 6.42. The van der Waals surface area contributed by atoms with Gasteiger partial charge in [0, 0.05) is 29.4 Å².